The molecule has 3 heterocycles. The Labute approximate surface area is 190 Å². The minimum atomic E-state index is -0.468. The SMILES string of the molecule is Cc1cc(F)cc2c(=O)[nH]c(CC(C)CC(=O)N3CCC(C(=O)c4cnn(C)c4)CC3)nc12. The van der Waals surface area contributed by atoms with E-state index in [4.69, 9.17) is 0 Å². The molecular formula is C24H28FN5O3. The van der Waals surface area contributed by atoms with Gasteiger partial charge in [0, 0.05) is 45.1 Å². The van der Waals surface area contributed by atoms with E-state index in [9.17, 15) is 18.8 Å². The molecule has 1 fully saturated rings. The first-order valence-electron chi connectivity index (χ1n) is 11.2. The highest BCUT2D eigenvalue weighted by Gasteiger charge is 2.29. The smallest absolute Gasteiger partial charge is 0.258 e. The number of hydrogen-bond donors (Lipinski definition) is 1. The lowest BCUT2D eigenvalue weighted by molar-refractivity contribution is -0.133. The molecule has 1 unspecified atom stereocenters. The van der Waals surface area contributed by atoms with Crippen LogP contribution in [-0.4, -0.2) is 49.4 Å². The van der Waals surface area contributed by atoms with Gasteiger partial charge in [-0.3, -0.25) is 19.1 Å². The molecule has 8 nitrogen and oxygen atoms in total. The molecule has 1 aromatic carbocycles. The Kier molecular flexibility index (Phi) is 6.40. The number of H-pyrrole nitrogens is 1. The maximum atomic E-state index is 13.6. The third-order valence-corrected chi connectivity index (χ3v) is 6.29. The maximum absolute atomic E-state index is 13.6. The minimum absolute atomic E-state index is 0.0337. The number of carbonyl (C=O) groups is 2. The highest BCUT2D eigenvalue weighted by atomic mass is 19.1. The molecule has 1 N–H and O–H groups in total. The molecule has 33 heavy (non-hydrogen) atoms. The number of hydrogen-bond acceptors (Lipinski definition) is 5. The van der Waals surface area contributed by atoms with Crippen LogP contribution >= 0.6 is 0 Å². The van der Waals surface area contributed by atoms with Crippen molar-refractivity contribution in [1.29, 1.82) is 0 Å². The monoisotopic (exact) mass is 453 g/mol. The van der Waals surface area contributed by atoms with Gasteiger partial charge in [0.2, 0.25) is 5.91 Å². The molecule has 4 rings (SSSR count). The van der Waals surface area contributed by atoms with Crippen LogP contribution in [-0.2, 0) is 18.3 Å². The zero-order valence-corrected chi connectivity index (χ0v) is 19.1. The molecule has 0 spiro atoms. The number of piperidine rings is 1. The van der Waals surface area contributed by atoms with Gasteiger partial charge in [-0.2, -0.15) is 5.10 Å². The predicted molar refractivity (Wildman–Crippen MR) is 121 cm³/mol. The molecule has 0 saturated carbocycles. The zero-order chi connectivity index (χ0) is 23.7. The number of aromatic amines is 1. The van der Waals surface area contributed by atoms with Crippen LogP contribution in [0.15, 0.2) is 29.3 Å². The number of Topliss-reactive ketones (excluding diaryl/α,β-unsaturated/α-hetero) is 1. The Morgan fingerprint density at radius 2 is 2.00 bits per heavy atom. The van der Waals surface area contributed by atoms with Gasteiger partial charge in [0.05, 0.1) is 22.7 Å². The van der Waals surface area contributed by atoms with Crippen LogP contribution in [0.3, 0.4) is 0 Å². The second kappa shape index (κ2) is 9.25. The Hall–Kier alpha value is -3.36. The van der Waals surface area contributed by atoms with Crippen LogP contribution in [0.25, 0.3) is 10.9 Å². The zero-order valence-electron chi connectivity index (χ0n) is 19.1. The molecule has 1 amide bonds. The fourth-order valence-corrected chi connectivity index (χ4v) is 4.52. The van der Waals surface area contributed by atoms with Crippen LogP contribution in [0.2, 0.25) is 0 Å². The number of amides is 1. The van der Waals surface area contributed by atoms with Gasteiger partial charge < -0.3 is 9.88 Å². The second-order valence-corrected chi connectivity index (χ2v) is 9.07. The molecule has 0 radical (unpaired) electrons. The van der Waals surface area contributed by atoms with Crippen molar-refractivity contribution >= 4 is 22.6 Å². The van der Waals surface area contributed by atoms with E-state index in [1.807, 2.05) is 11.8 Å². The van der Waals surface area contributed by atoms with Crippen molar-refractivity contribution in [2.24, 2.45) is 18.9 Å². The second-order valence-electron chi connectivity index (χ2n) is 9.07. The fraction of sp³-hybridized carbons (Fsp3) is 0.458. The lowest BCUT2D eigenvalue weighted by atomic mass is 9.89. The topological polar surface area (TPSA) is 101 Å². The lowest BCUT2D eigenvalue weighted by Gasteiger charge is -2.32. The van der Waals surface area contributed by atoms with E-state index in [2.05, 4.69) is 15.1 Å². The summed E-state index contributed by atoms with van der Waals surface area (Å²) in [6.45, 7) is 4.77. The fourth-order valence-electron chi connectivity index (χ4n) is 4.52. The number of rotatable bonds is 6. The Morgan fingerprint density at radius 1 is 1.27 bits per heavy atom. The summed E-state index contributed by atoms with van der Waals surface area (Å²) in [7, 11) is 1.78. The Bertz CT molecular complexity index is 1260. The highest BCUT2D eigenvalue weighted by Crippen LogP contribution is 2.23. The summed E-state index contributed by atoms with van der Waals surface area (Å²) in [5.41, 5.74) is 1.32. The van der Waals surface area contributed by atoms with Crippen molar-refractivity contribution in [2.75, 3.05) is 13.1 Å². The molecule has 174 valence electrons. The summed E-state index contributed by atoms with van der Waals surface area (Å²) in [5.74, 6) is 0.0265. The number of benzene rings is 1. The first kappa shape index (κ1) is 22.8. The quantitative estimate of drug-likeness (QED) is 0.579. The molecule has 0 aliphatic carbocycles. The standard InChI is InChI=1S/C24H28FN5O3/c1-14(8-20-27-22-15(2)10-18(25)11-19(22)24(33)28-20)9-21(31)30-6-4-16(5-7-30)23(32)17-12-26-29(3)13-17/h10-14,16H,4-9H2,1-3H3,(H,27,28,33). The normalized spacial score (nSPS) is 15.7. The van der Waals surface area contributed by atoms with Crippen LogP contribution in [0, 0.1) is 24.6 Å². The number of halogens is 1. The number of ketones is 1. The van der Waals surface area contributed by atoms with Gasteiger partial charge in [0.1, 0.15) is 11.6 Å². The van der Waals surface area contributed by atoms with Gasteiger partial charge in [0.25, 0.3) is 5.56 Å². The minimum Gasteiger partial charge on any atom is -0.343 e. The average molecular weight is 454 g/mol. The Balaban J connectivity index is 1.34. The largest absolute Gasteiger partial charge is 0.343 e. The molecule has 9 heteroatoms. The van der Waals surface area contributed by atoms with Crippen LogP contribution in [0.5, 0.6) is 0 Å². The number of fused-ring (bicyclic) bond motifs is 1. The van der Waals surface area contributed by atoms with Gasteiger partial charge >= 0.3 is 0 Å². The number of nitrogens with zero attached hydrogens (tertiary/aromatic N) is 4. The number of likely N-dealkylation sites (tertiary alicyclic amines) is 1. The summed E-state index contributed by atoms with van der Waals surface area (Å²) in [6.07, 6.45) is 5.36. The maximum Gasteiger partial charge on any atom is 0.258 e. The summed E-state index contributed by atoms with van der Waals surface area (Å²) < 4.78 is 15.2. The lowest BCUT2D eigenvalue weighted by Crippen LogP contribution is -2.40. The van der Waals surface area contributed by atoms with Crippen LogP contribution < -0.4 is 5.56 Å². The third kappa shape index (κ3) is 5.02. The first-order valence-corrected chi connectivity index (χ1v) is 11.2. The molecule has 1 atom stereocenters. The molecule has 0 bridgehead atoms. The number of carbonyl (C=O) groups excluding carboxylic acids is 2. The molecule has 2 aromatic heterocycles. The molecular weight excluding hydrogens is 425 g/mol. The van der Waals surface area contributed by atoms with E-state index in [-0.39, 0.29) is 34.5 Å². The van der Waals surface area contributed by atoms with Crippen LogP contribution in [0.4, 0.5) is 4.39 Å². The van der Waals surface area contributed by atoms with E-state index in [1.54, 1.807) is 31.0 Å². The van der Waals surface area contributed by atoms with Gasteiger partial charge in [-0.15, -0.1) is 0 Å². The highest BCUT2D eigenvalue weighted by molar-refractivity contribution is 5.97. The van der Waals surface area contributed by atoms with Crippen molar-refractivity contribution in [3.05, 3.63) is 57.6 Å². The molecule has 3 aromatic rings. The van der Waals surface area contributed by atoms with Crippen molar-refractivity contribution in [3.63, 3.8) is 0 Å². The van der Waals surface area contributed by atoms with Gasteiger partial charge in [-0.25, -0.2) is 9.37 Å². The number of aromatic nitrogens is 4. The number of nitrogens with one attached hydrogen (secondary N) is 1. The van der Waals surface area contributed by atoms with E-state index in [1.165, 1.54) is 12.1 Å². The van der Waals surface area contributed by atoms with Gasteiger partial charge in [0.15, 0.2) is 5.78 Å². The first-order chi connectivity index (χ1) is 15.7. The third-order valence-electron chi connectivity index (χ3n) is 6.29. The van der Waals surface area contributed by atoms with Crippen molar-refractivity contribution in [2.45, 2.75) is 39.5 Å². The van der Waals surface area contributed by atoms with Gasteiger partial charge in [-0.1, -0.05) is 6.92 Å². The Morgan fingerprint density at radius 3 is 2.67 bits per heavy atom. The van der Waals surface area contributed by atoms with E-state index >= 15 is 0 Å². The summed E-state index contributed by atoms with van der Waals surface area (Å²) >= 11 is 0. The van der Waals surface area contributed by atoms with E-state index in [0.29, 0.717) is 61.2 Å². The summed E-state index contributed by atoms with van der Waals surface area (Å²) in [5, 5.41) is 4.29. The number of aryl methyl sites for hydroxylation is 2. The summed E-state index contributed by atoms with van der Waals surface area (Å²) in [6, 6.07) is 2.54. The molecule has 1 aliphatic heterocycles. The van der Waals surface area contributed by atoms with Crippen LogP contribution in [0.1, 0.15) is 47.9 Å². The van der Waals surface area contributed by atoms with E-state index in [0.717, 1.165) is 0 Å². The van der Waals surface area contributed by atoms with Crippen molar-refractivity contribution < 1.29 is 14.0 Å². The molecule has 1 aliphatic rings. The van der Waals surface area contributed by atoms with Crippen molar-refractivity contribution in [3.8, 4) is 0 Å². The van der Waals surface area contributed by atoms with Crippen molar-refractivity contribution in [1.82, 2.24) is 24.6 Å². The molecule has 1 saturated heterocycles. The summed E-state index contributed by atoms with van der Waals surface area (Å²) in [4.78, 5) is 46.8. The average Bonchev–Trinajstić information content (AvgIpc) is 3.20. The van der Waals surface area contributed by atoms with Gasteiger partial charge in [-0.05, 0) is 43.4 Å². The predicted octanol–water partition coefficient (Wildman–Crippen LogP) is 2.79. The van der Waals surface area contributed by atoms with E-state index < -0.39 is 5.82 Å².